The minimum atomic E-state index is -0.656. The third kappa shape index (κ3) is 4.67. The molecule has 1 aromatic heterocycles. The average molecular weight is 263 g/mol. The summed E-state index contributed by atoms with van der Waals surface area (Å²) in [5, 5.41) is 10.0. The highest BCUT2D eigenvalue weighted by molar-refractivity contribution is 7.99. The molecule has 1 atom stereocenters. The van der Waals surface area contributed by atoms with Gasteiger partial charge in [-0.1, -0.05) is 6.92 Å². The van der Waals surface area contributed by atoms with Gasteiger partial charge in [-0.05, 0) is 56.6 Å². The van der Waals surface area contributed by atoms with Crippen molar-refractivity contribution in [3.05, 3.63) is 23.4 Å². The number of thioether (sulfide) groups is 1. The Morgan fingerprint density at radius 2 is 2.17 bits per heavy atom. The summed E-state index contributed by atoms with van der Waals surface area (Å²) in [6.07, 6.45) is 2.39. The molecule has 3 nitrogen and oxygen atoms in total. The molecule has 1 heterocycles. The Labute approximate surface area is 114 Å². The molecule has 4 heteroatoms. The van der Waals surface area contributed by atoms with Crippen LogP contribution in [0, 0.1) is 25.2 Å². The zero-order valence-electron chi connectivity index (χ0n) is 11.4. The van der Waals surface area contributed by atoms with Crippen molar-refractivity contribution in [3.8, 4) is 6.07 Å². The van der Waals surface area contributed by atoms with Gasteiger partial charge in [0.1, 0.15) is 5.54 Å². The highest BCUT2D eigenvalue weighted by Gasteiger charge is 2.20. The number of aryl methyl sites for hydroxylation is 2. The molecule has 1 aromatic rings. The molecule has 0 saturated carbocycles. The van der Waals surface area contributed by atoms with Crippen molar-refractivity contribution in [2.24, 2.45) is 5.73 Å². The molecular formula is C14H21N3S. The summed E-state index contributed by atoms with van der Waals surface area (Å²) in [5.74, 6) is 0.955. The highest BCUT2D eigenvalue weighted by atomic mass is 32.2. The first-order valence-corrected chi connectivity index (χ1v) is 7.26. The fourth-order valence-corrected chi connectivity index (χ4v) is 2.73. The predicted molar refractivity (Wildman–Crippen MR) is 76.5 cm³/mol. The fourth-order valence-electron chi connectivity index (χ4n) is 1.75. The first-order chi connectivity index (χ1) is 8.49. The van der Waals surface area contributed by atoms with E-state index >= 15 is 0 Å². The van der Waals surface area contributed by atoms with Crippen LogP contribution >= 0.6 is 11.8 Å². The number of nitrogens with two attached hydrogens (primary N) is 1. The molecule has 0 aliphatic carbocycles. The van der Waals surface area contributed by atoms with Gasteiger partial charge in [-0.25, -0.2) is 4.98 Å². The molecule has 0 saturated heterocycles. The number of rotatable bonds is 6. The molecule has 1 rings (SSSR count). The van der Waals surface area contributed by atoms with Crippen molar-refractivity contribution in [3.63, 3.8) is 0 Å². The zero-order chi connectivity index (χ0) is 13.6. The minimum absolute atomic E-state index is 0.656. The van der Waals surface area contributed by atoms with Gasteiger partial charge in [-0.2, -0.15) is 5.26 Å². The monoisotopic (exact) mass is 263 g/mol. The lowest BCUT2D eigenvalue weighted by Crippen LogP contribution is -2.37. The Morgan fingerprint density at radius 1 is 1.44 bits per heavy atom. The van der Waals surface area contributed by atoms with Gasteiger partial charge in [-0.3, -0.25) is 0 Å². The van der Waals surface area contributed by atoms with E-state index < -0.39 is 5.54 Å². The van der Waals surface area contributed by atoms with Crippen LogP contribution < -0.4 is 5.73 Å². The van der Waals surface area contributed by atoms with Crippen LogP contribution in [0.15, 0.2) is 17.2 Å². The van der Waals surface area contributed by atoms with Crippen molar-refractivity contribution in [2.45, 2.75) is 50.6 Å². The van der Waals surface area contributed by atoms with E-state index in [1.807, 2.05) is 13.8 Å². The smallest absolute Gasteiger partial charge is 0.104 e. The molecule has 2 N–H and O–H groups in total. The van der Waals surface area contributed by atoms with Crippen molar-refractivity contribution in [2.75, 3.05) is 5.75 Å². The third-order valence-electron chi connectivity index (χ3n) is 2.94. The van der Waals surface area contributed by atoms with Crippen molar-refractivity contribution in [1.29, 1.82) is 5.26 Å². The molecule has 0 fully saturated rings. The van der Waals surface area contributed by atoms with Crippen molar-refractivity contribution < 1.29 is 0 Å². The summed E-state index contributed by atoms with van der Waals surface area (Å²) in [5.41, 5.74) is 7.57. The summed E-state index contributed by atoms with van der Waals surface area (Å²) in [6, 6.07) is 6.36. The van der Waals surface area contributed by atoms with E-state index in [1.54, 1.807) is 11.8 Å². The van der Waals surface area contributed by atoms with Crippen molar-refractivity contribution >= 4 is 11.8 Å². The first-order valence-electron chi connectivity index (χ1n) is 6.27. The first kappa shape index (κ1) is 15.0. The number of hydrogen-bond acceptors (Lipinski definition) is 4. The van der Waals surface area contributed by atoms with Gasteiger partial charge >= 0.3 is 0 Å². The van der Waals surface area contributed by atoms with E-state index in [1.165, 1.54) is 5.56 Å². The quantitative estimate of drug-likeness (QED) is 0.632. The Balaban J connectivity index is 2.41. The summed E-state index contributed by atoms with van der Waals surface area (Å²) >= 11 is 1.73. The summed E-state index contributed by atoms with van der Waals surface area (Å²) in [4.78, 5) is 4.48. The summed E-state index contributed by atoms with van der Waals surface area (Å²) < 4.78 is 0. The molecule has 98 valence electrons. The maximum Gasteiger partial charge on any atom is 0.104 e. The number of nitriles is 1. The largest absolute Gasteiger partial charge is 0.313 e. The lowest BCUT2D eigenvalue weighted by molar-refractivity contribution is 0.478. The molecule has 0 spiro atoms. The molecule has 18 heavy (non-hydrogen) atoms. The van der Waals surface area contributed by atoms with E-state index in [0.717, 1.165) is 29.3 Å². The molecule has 1 unspecified atom stereocenters. The molecular weight excluding hydrogens is 242 g/mol. The maximum absolute atomic E-state index is 8.98. The topological polar surface area (TPSA) is 62.7 Å². The second-order valence-corrected chi connectivity index (χ2v) is 5.81. The standard InChI is InChI=1S/C14H21N3S/c1-4-14(16,10-15)6-5-7-18-13-9-11(2)8-12(3)17-13/h8-9H,4-7,16H2,1-3H3. The molecule has 0 bridgehead atoms. The maximum atomic E-state index is 8.98. The minimum Gasteiger partial charge on any atom is -0.313 e. The summed E-state index contributed by atoms with van der Waals surface area (Å²) in [7, 11) is 0. The molecule has 0 amide bonds. The van der Waals surface area contributed by atoms with Gasteiger partial charge in [0.05, 0.1) is 11.1 Å². The molecule has 0 aliphatic heterocycles. The van der Waals surface area contributed by atoms with Gasteiger partial charge in [-0.15, -0.1) is 11.8 Å². The number of aromatic nitrogens is 1. The lowest BCUT2D eigenvalue weighted by Gasteiger charge is -2.18. The van der Waals surface area contributed by atoms with Gasteiger partial charge < -0.3 is 5.73 Å². The van der Waals surface area contributed by atoms with Gasteiger partial charge in [0.25, 0.3) is 0 Å². The molecule has 0 aromatic carbocycles. The van der Waals surface area contributed by atoms with Crippen LogP contribution in [-0.4, -0.2) is 16.3 Å². The van der Waals surface area contributed by atoms with E-state index in [2.05, 4.69) is 30.1 Å². The Bertz CT molecular complexity index is 419. The fraction of sp³-hybridized carbons (Fsp3) is 0.571. The zero-order valence-corrected chi connectivity index (χ0v) is 12.2. The molecule has 0 aliphatic rings. The Kier molecular flexibility index (Phi) is 5.64. The van der Waals surface area contributed by atoms with Gasteiger partial charge in [0, 0.05) is 5.69 Å². The Hall–Kier alpha value is -1.05. The summed E-state index contributed by atoms with van der Waals surface area (Å²) in [6.45, 7) is 6.05. The van der Waals surface area contributed by atoms with Crippen LogP contribution in [0.25, 0.3) is 0 Å². The van der Waals surface area contributed by atoms with Crippen molar-refractivity contribution in [1.82, 2.24) is 4.98 Å². The van der Waals surface area contributed by atoms with E-state index in [4.69, 9.17) is 11.0 Å². The van der Waals surface area contributed by atoms with Crippen LogP contribution in [0.5, 0.6) is 0 Å². The molecule has 0 radical (unpaired) electrons. The van der Waals surface area contributed by atoms with Crippen LogP contribution in [0.4, 0.5) is 0 Å². The van der Waals surface area contributed by atoms with Gasteiger partial charge in [0.2, 0.25) is 0 Å². The van der Waals surface area contributed by atoms with Gasteiger partial charge in [0.15, 0.2) is 0 Å². The van der Waals surface area contributed by atoms with Crippen LogP contribution in [0.1, 0.15) is 37.4 Å². The van der Waals surface area contributed by atoms with Crippen LogP contribution in [0.3, 0.4) is 0 Å². The highest BCUT2D eigenvalue weighted by Crippen LogP contribution is 2.21. The normalized spacial score (nSPS) is 13.9. The van der Waals surface area contributed by atoms with Crippen LogP contribution in [-0.2, 0) is 0 Å². The second kappa shape index (κ2) is 6.77. The number of pyridine rings is 1. The predicted octanol–water partition coefficient (Wildman–Crippen LogP) is 3.20. The van der Waals surface area contributed by atoms with E-state index in [-0.39, 0.29) is 0 Å². The van der Waals surface area contributed by atoms with E-state index in [0.29, 0.717) is 6.42 Å². The average Bonchev–Trinajstić information content (AvgIpc) is 2.33. The second-order valence-electron chi connectivity index (χ2n) is 4.70. The lowest BCUT2D eigenvalue weighted by atomic mass is 9.94. The van der Waals surface area contributed by atoms with E-state index in [9.17, 15) is 0 Å². The SMILES string of the molecule is CCC(N)(C#N)CCCSc1cc(C)cc(C)n1. The van der Waals surface area contributed by atoms with Crippen LogP contribution in [0.2, 0.25) is 0 Å². The third-order valence-corrected chi connectivity index (χ3v) is 3.94. The number of nitrogens with zero attached hydrogens (tertiary/aromatic N) is 2. The number of hydrogen-bond donors (Lipinski definition) is 1. The Morgan fingerprint density at radius 3 is 2.72 bits per heavy atom.